The van der Waals surface area contributed by atoms with Crippen LogP contribution >= 0.6 is 15.9 Å². The zero-order chi connectivity index (χ0) is 10.1. The van der Waals surface area contributed by atoms with Crippen molar-refractivity contribution in [2.75, 3.05) is 7.11 Å². The van der Waals surface area contributed by atoms with Crippen LogP contribution < -0.4 is 0 Å². The first-order valence-corrected chi connectivity index (χ1v) is 4.59. The molecule has 0 saturated heterocycles. The Balaban J connectivity index is 2.64. The number of rotatable bonds is 1. The maximum absolute atomic E-state index is 11.3. The number of fused-ring (bicyclic) bond motifs is 1. The lowest BCUT2D eigenvalue weighted by Gasteiger charge is -2.00. The van der Waals surface area contributed by atoms with Crippen LogP contribution in [0.1, 0.15) is 10.5 Å². The van der Waals surface area contributed by atoms with Gasteiger partial charge < -0.3 is 4.74 Å². The molecular weight excluding hydrogens is 250 g/mol. The van der Waals surface area contributed by atoms with Gasteiger partial charge in [-0.15, -0.1) is 0 Å². The smallest absolute Gasteiger partial charge is 0.357 e. The summed E-state index contributed by atoms with van der Waals surface area (Å²) in [6.45, 7) is 0. The number of nitrogens with one attached hydrogen (secondary N) is 1. The fourth-order valence-electron chi connectivity index (χ4n) is 1.09. The van der Waals surface area contributed by atoms with Crippen LogP contribution in [-0.2, 0) is 4.74 Å². The summed E-state index contributed by atoms with van der Waals surface area (Å²) in [6.07, 6.45) is 1.63. The number of H-pyrrole nitrogens is 1. The Morgan fingerprint density at radius 3 is 3.14 bits per heavy atom. The maximum atomic E-state index is 11.3. The first-order valence-electron chi connectivity index (χ1n) is 3.80. The SMILES string of the molecule is COC(=O)c1nc2[nH]ncc2cc1Br. The number of hydrogen-bond acceptors (Lipinski definition) is 4. The van der Waals surface area contributed by atoms with E-state index in [1.807, 2.05) is 0 Å². The number of aromatic amines is 1. The van der Waals surface area contributed by atoms with E-state index in [4.69, 9.17) is 0 Å². The second-order valence-corrected chi connectivity index (χ2v) is 3.47. The molecule has 6 heteroatoms. The van der Waals surface area contributed by atoms with Gasteiger partial charge in [-0.1, -0.05) is 0 Å². The normalized spacial score (nSPS) is 10.4. The van der Waals surface area contributed by atoms with E-state index in [1.54, 1.807) is 12.3 Å². The van der Waals surface area contributed by atoms with Crippen molar-refractivity contribution in [1.82, 2.24) is 15.2 Å². The number of aromatic nitrogens is 3. The van der Waals surface area contributed by atoms with E-state index in [0.29, 0.717) is 10.1 Å². The average Bonchev–Trinajstić information content (AvgIpc) is 2.62. The van der Waals surface area contributed by atoms with Crippen molar-refractivity contribution in [2.45, 2.75) is 0 Å². The van der Waals surface area contributed by atoms with Crippen LogP contribution in [0.3, 0.4) is 0 Å². The molecule has 1 N–H and O–H groups in total. The van der Waals surface area contributed by atoms with E-state index >= 15 is 0 Å². The number of carbonyl (C=O) groups is 1. The molecule has 0 bridgehead atoms. The lowest BCUT2D eigenvalue weighted by atomic mass is 10.3. The van der Waals surface area contributed by atoms with E-state index in [1.165, 1.54) is 7.11 Å². The summed E-state index contributed by atoms with van der Waals surface area (Å²) in [5, 5.41) is 7.32. The molecule has 0 radical (unpaired) electrons. The van der Waals surface area contributed by atoms with Crippen LogP contribution in [0.4, 0.5) is 0 Å². The fraction of sp³-hybridized carbons (Fsp3) is 0.125. The van der Waals surface area contributed by atoms with Crippen molar-refractivity contribution in [3.05, 3.63) is 22.4 Å². The predicted molar refractivity (Wildman–Crippen MR) is 52.9 cm³/mol. The van der Waals surface area contributed by atoms with E-state index in [-0.39, 0.29) is 5.69 Å². The first-order chi connectivity index (χ1) is 6.72. The molecule has 0 saturated carbocycles. The summed E-state index contributed by atoms with van der Waals surface area (Å²) in [5.74, 6) is -0.478. The number of carbonyl (C=O) groups excluding carboxylic acids is 1. The van der Waals surface area contributed by atoms with Gasteiger partial charge in [0.1, 0.15) is 0 Å². The van der Waals surface area contributed by atoms with Gasteiger partial charge in [-0.3, -0.25) is 5.10 Å². The van der Waals surface area contributed by atoms with Gasteiger partial charge in [0.25, 0.3) is 0 Å². The molecule has 5 nitrogen and oxygen atoms in total. The standard InChI is InChI=1S/C8H6BrN3O2/c1-14-8(13)6-5(9)2-4-3-10-12-7(4)11-6/h2-3H,1H3,(H,10,11,12). The van der Waals surface area contributed by atoms with Gasteiger partial charge in [0.05, 0.1) is 17.8 Å². The van der Waals surface area contributed by atoms with Crippen molar-refractivity contribution in [2.24, 2.45) is 0 Å². The van der Waals surface area contributed by atoms with E-state index in [9.17, 15) is 4.79 Å². The topological polar surface area (TPSA) is 67.9 Å². The second-order valence-electron chi connectivity index (χ2n) is 2.62. The van der Waals surface area contributed by atoms with E-state index in [0.717, 1.165) is 5.39 Å². The molecule has 0 spiro atoms. The summed E-state index contributed by atoms with van der Waals surface area (Å²) < 4.78 is 5.17. The highest BCUT2D eigenvalue weighted by molar-refractivity contribution is 9.10. The summed E-state index contributed by atoms with van der Waals surface area (Å²) in [4.78, 5) is 15.3. The van der Waals surface area contributed by atoms with Crippen molar-refractivity contribution >= 4 is 32.9 Å². The molecule has 0 unspecified atom stereocenters. The number of pyridine rings is 1. The van der Waals surface area contributed by atoms with Gasteiger partial charge in [-0.25, -0.2) is 9.78 Å². The molecule has 14 heavy (non-hydrogen) atoms. The Morgan fingerprint density at radius 2 is 2.43 bits per heavy atom. The highest BCUT2D eigenvalue weighted by Crippen LogP contribution is 2.20. The number of nitrogens with zero attached hydrogens (tertiary/aromatic N) is 2. The number of methoxy groups -OCH3 is 1. The third-order valence-electron chi connectivity index (χ3n) is 1.76. The molecule has 0 aliphatic heterocycles. The third-order valence-corrected chi connectivity index (χ3v) is 2.36. The maximum Gasteiger partial charge on any atom is 0.357 e. The molecule has 2 heterocycles. The fourth-order valence-corrected chi connectivity index (χ4v) is 1.59. The molecule has 0 amide bonds. The van der Waals surface area contributed by atoms with Crippen LogP contribution in [0, 0.1) is 0 Å². The summed E-state index contributed by atoms with van der Waals surface area (Å²) >= 11 is 3.24. The average molecular weight is 256 g/mol. The molecule has 2 rings (SSSR count). The summed E-state index contributed by atoms with van der Waals surface area (Å²) in [5.41, 5.74) is 0.804. The number of ether oxygens (including phenoxy) is 1. The number of hydrogen-bond donors (Lipinski definition) is 1. The predicted octanol–water partition coefficient (Wildman–Crippen LogP) is 1.51. The molecule has 0 fully saturated rings. The van der Waals surface area contributed by atoms with E-state index in [2.05, 4.69) is 35.8 Å². The van der Waals surface area contributed by atoms with Crippen LogP contribution in [-0.4, -0.2) is 28.3 Å². The van der Waals surface area contributed by atoms with Crippen LogP contribution in [0.2, 0.25) is 0 Å². The molecule has 2 aromatic heterocycles. The molecule has 0 aliphatic carbocycles. The Hall–Kier alpha value is -1.43. The lowest BCUT2D eigenvalue weighted by Crippen LogP contribution is -2.05. The van der Waals surface area contributed by atoms with Crippen LogP contribution in [0.25, 0.3) is 11.0 Å². The lowest BCUT2D eigenvalue weighted by molar-refractivity contribution is 0.0593. The van der Waals surface area contributed by atoms with E-state index < -0.39 is 5.97 Å². The monoisotopic (exact) mass is 255 g/mol. The molecule has 0 aromatic carbocycles. The van der Waals surface area contributed by atoms with Crippen LogP contribution in [0.5, 0.6) is 0 Å². The van der Waals surface area contributed by atoms with Gasteiger partial charge in [0.2, 0.25) is 0 Å². The van der Waals surface area contributed by atoms with Gasteiger partial charge in [0, 0.05) is 5.39 Å². The first kappa shape index (κ1) is 9.14. The molecular formula is C8H6BrN3O2. The zero-order valence-electron chi connectivity index (χ0n) is 7.24. The zero-order valence-corrected chi connectivity index (χ0v) is 8.83. The Bertz CT molecular complexity index is 494. The second kappa shape index (κ2) is 3.38. The Kier molecular flexibility index (Phi) is 2.20. The molecule has 72 valence electrons. The van der Waals surface area contributed by atoms with Gasteiger partial charge >= 0.3 is 5.97 Å². The molecule has 2 aromatic rings. The Labute approximate surface area is 87.6 Å². The third kappa shape index (κ3) is 1.37. The number of halogens is 1. The van der Waals surface area contributed by atoms with Crippen molar-refractivity contribution in [3.8, 4) is 0 Å². The van der Waals surface area contributed by atoms with Crippen LogP contribution in [0.15, 0.2) is 16.7 Å². The quantitative estimate of drug-likeness (QED) is 0.785. The largest absolute Gasteiger partial charge is 0.464 e. The van der Waals surface area contributed by atoms with Gasteiger partial charge in [0.15, 0.2) is 11.3 Å². The highest BCUT2D eigenvalue weighted by atomic mass is 79.9. The minimum atomic E-state index is -0.478. The highest BCUT2D eigenvalue weighted by Gasteiger charge is 2.13. The van der Waals surface area contributed by atoms with Crippen molar-refractivity contribution in [1.29, 1.82) is 0 Å². The minimum Gasteiger partial charge on any atom is -0.464 e. The summed E-state index contributed by atoms with van der Waals surface area (Å²) in [6, 6.07) is 1.76. The number of esters is 1. The summed E-state index contributed by atoms with van der Waals surface area (Å²) in [7, 11) is 1.31. The van der Waals surface area contributed by atoms with Crippen molar-refractivity contribution < 1.29 is 9.53 Å². The Morgan fingerprint density at radius 1 is 1.64 bits per heavy atom. The van der Waals surface area contributed by atoms with Gasteiger partial charge in [-0.05, 0) is 22.0 Å². The molecule has 0 aliphatic rings. The molecule has 0 atom stereocenters. The van der Waals surface area contributed by atoms with Gasteiger partial charge in [-0.2, -0.15) is 5.10 Å². The minimum absolute atomic E-state index is 0.240. The van der Waals surface area contributed by atoms with Crippen molar-refractivity contribution in [3.63, 3.8) is 0 Å².